The van der Waals surface area contributed by atoms with Crippen molar-refractivity contribution >= 4 is 39.4 Å². The molecule has 9 nitrogen and oxygen atoms in total. The number of amides is 2. The minimum absolute atomic E-state index is 0.00404. The van der Waals surface area contributed by atoms with Gasteiger partial charge in [0.15, 0.2) is 12.4 Å². The molecular weight excluding hydrogens is 618 g/mol. The molecule has 2 aliphatic carbocycles. The van der Waals surface area contributed by atoms with Crippen LogP contribution in [0.4, 0.5) is 5.69 Å². The summed E-state index contributed by atoms with van der Waals surface area (Å²) < 4.78 is 35.5. The Bertz CT molecular complexity index is 1990. The maximum absolute atomic E-state index is 13.7. The number of fused-ring (bicyclic) bond motifs is 5. The average Bonchev–Trinajstić information content (AvgIpc) is 3.75. The van der Waals surface area contributed by atoms with E-state index in [-0.39, 0.29) is 63.2 Å². The second kappa shape index (κ2) is 11.9. The van der Waals surface area contributed by atoms with Crippen LogP contribution in [0, 0.1) is 30.6 Å². The highest BCUT2D eigenvalue weighted by atomic mass is 32.2. The number of ketones is 1. The smallest absolute Gasteiger partial charge is 0.339 e. The summed E-state index contributed by atoms with van der Waals surface area (Å²) in [5.74, 6) is -1.95. The van der Waals surface area contributed by atoms with E-state index >= 15 is 0 Å². The van der Waals surface area contributed by atoms with Gasteiger partial charge >= 0.3 is 16.1 Å². The normalized spacial score (nSPS) is 23.1. The van der Waals surface area contributed by atoms with Crippen LogP contribution in [-0.4, -0.2) is 38.6 Å². The van der Waals surface area contributed by atoms with Crippen LogP contribution >= 0.6 is 0 Å². The quantitative estimate of drug-likeness (QED) is 0.0975. The first-order chi connectivity index (χ1) is 22.6. The summed E-state index contributed by atoms with van der Waals surface area (Å²) in [6.07, 6.45) is 1.74. The molecule has 7 rings (SSSR count). The Labute approximate surface area is 272 Å². The van der Waals surface area contributed by atoms with Crippen molar-refractivity contribution in [3.63, 3.8) is 0 Å². The molecule has 4 aromatic rings. The molecule has 2 saturated carbocycles. The molecule has 5 atom stereocenters. The highest BCUT2D eigenvalue weighted by Gasteiger charge is 2.64. The van der Waals surface area contributed by atoms with Crippen LogP contribution in [0.5, 0.6) is 5.75 Å². The van der Waals surface area contributed by atoms with Crippen molar-refractivity contribution in [3.05, 3.63) is 125 Å². The van der Waals surface area contributed by atoms with E-state index in [0.29, 0.717) is 5.69 Å². The Morgan fingerprint density at radius 2 is 1.49 bits per heavy atom. The lowest BCUT2D eigenvalue weighted by molar-refractivity contribution is -0.123. The molecule has 0 N–H and O–H groups in total. The zero-order valence-electron chi connectivity index (χ0n) is 25.4. The van der Waals surface area contributed by atoms with E-state index in [0.717, 1.165) is 18.4 Å². The number of esters is 1. The van der Waals surface area contributed by atoms with Crippen LogP contribution in [0.1, 0.15) is 50.6 Å². The predicted molar refractivity (Wildman–Crippen MR) is 171 cm³/mol. The number of anilines is 1. The third-order valence-corrected chi connectivity index (χ3v) is 10.9. The van der Waals surface area contributed by atoms with Gasteiger partial charge in [-0.2, -0.15) is 8.42 Å². The summed E-state index contributed by atoms with van der Waals surface area (Å²) in [7, 11) is -4.05. The zero-order valence-corrected chi connectivity index (χ0v) is 26.3. The Morgan fingerprint density at radius 1 is 0.787 bits per heavy atom. The number of carbonyl (C=O) groups excluding carboxylic acids is 4. The van der Waals surface area contributed by atoms with Gasteiger partial charge in [-0.3, -0.25) is 19.3 Å². The third kappa shape index (κ3) is 5.63. The van der Waals surface area contributed by atoms with Gasteiger partial charge < -0.3 is 8.92 Å². The molecule has 3 fully saturated rings. The molecule has 0 aromatic heterocycles. The highest BCUT2D eigenvalue weighted by Crippen LogP contribution is 2.61. The first-order valence-corrected chi connectivity index (χ1v) is 16.9. The molecule has 1 saturated heterocycles. The van der Waals surface area contributed by atoms with Crippen molar-refractivity contribution in [1.82, 2.24) is 0 Å². The lowest BCUT2D eigenvalue weighted by Gasteiger charge is -2.28. The van der Waals surface area contributed by atoms with E-state index < -0.39 is 28.5 Å². The summed E-state index contributed by atoms with van der Waals surface area (Å²) in [6.45, 7) is 1.27. The van der Waals surface area contributed by atoms with Crippen LogP contribution < -0.4 is 9.08 Å². The van der Waals surface area contributed by atoms with Gasteiger partial charge in [0.2, 0.25) is 11.8 Å². The molecule has 1 aliphatic heterocycles. The molecule has 10 heteroatoms. The number of ether oxygens (including phenoxy) is 1. The van der Waals surface area contributed by atoms with Crippen LogP contribution in [0.15, 0.2) is 108 Å². The van der Waals surface area contributed by atoms with Gasteiger partial charge in [-0.25, -0.2) is 4.79 Å². The number of benzene rings is 4. The third-order valence-electron chi connectivity index (χ3n) is 9.61. The van der Waals surface area contributed by atoms with Gasteiger partial charge in [0.05, 0.1) is 23.1 Å². The van der Waals surface area contributed by atoms with Crippen LogP contribution in [0.3, 0.4) is 0 Å². The molecule has 4 aromatic carbocycles. The number of aryl methyl sites for hydroxylation is 1. The molecule has 2 bridgehead atoms. The second-order valence-corrected chi connectivity index (χ2v) is 13.9. The molecule has 0 spiro atoms. The fourth-order valence-electron chi connectivity index (χ4n) is 7.44. The summed E-state index contributed by atoms with van der Waals surface area (Å²) in [5, 5.41) is 0. The molecule has 1 heterocycles. The summed E-state index contributed by atoms with van der Waals surface area (Å²) in [4.78, 5) is 54.2. The van der Waals surface area contributed by atoms with Crippen LogP contribution in [0.25, 0.3) is 0 Å². The number of Topliss-reactive ketones (excluding diaryl/α,β-unsaturated/α-hetero) is 1. The first kappa shape index (κ1) is 30.6. The Hall–Kier alpha value is -5.09. The van der Waals surface area contributed by atoms with Gasteiger partial charge in [0, 0.05) is 5.56 Å². The van der Waals surface area contributed by atoms with Crippen molar-refractivity contribution in [2.75, 3.05) is 11.5 Å². The van der Waals surface area contributed by atoms with Gasteiger partial charge in [0.1, 0.15) is 10.6 Å². The minimum atomic E-state index is -4.05. The van der Waals surface area contributed by atoms with Crippen LogP contribution in [0.2, 0.25) is 0 Å². The van der Waals surface area contributed by atoms with E-state index in [4.69, 9.17) is 8.92 Å². The molecule has 0 radical (unpaired) electrons. The second-order valence-electron chi connectivity index (χ2n) is 12.4. The van der Waals surface area contributed by atoms with Crippen molar-refractivity contribution in [2.45, 2.75) is 30.6 Å². The van der Waals surface area contributed by atoms with Crippen LogP contribution in [-0.2, 0) is 24.4 Å². The summed E-state index contributed by atoms with van der Waals surface area (Å²) in [5.41, 5.74) is 2.70. The van der Waals surface area contributed by atoms with Gasteiger partial charge in [-0.05, 0) is 97.7 Å². The van der Waals surface area contributed by atoms with E-state index in [1.807, 2.05) is 25.1 Å². The Kier molecular flexibility index (Phi) is 7.76. The Balaban J connectivity index is 0.985. The van der Waals surface area contributed by atoms with Crippen molar-refractivity contribution in [2.24, 2.45) is 23.7 Å². The first-order valence-electron chi connectivity index (χ1n) is 15.4. The topological polar surface area (TPSA) is 124 Å². The molecule has 238 valence electrons. The standard InChI is InChI=1S/C37H31NO8S/c1-22-10-16-29(17-11-22)47(43,44)46-28-14-12-24(13-15-28)32(39)21-45-37(42)25-8-5-9-27(18-25)38-35(40)33-26-19-30(23-6-3-2-4-7-23)31(20-26)34(33)36(38)41/h2-18,26,30-31,33-34H,19-21H2,1H3/t26-,30+,31+,33-,34-/m0/s1. The van der Waals surface area contributed by atoms with Gasteiger partial charge in [-0.1, -0.05) is 54.1 Å². The molecule has 2 amide bonds. The zero-order chi connectivity index (χ0) is 32.9. The number of rotatable bonds is 9. The number of hydrogen-bond acceptors (Lipinski definition) is 8. The predicted octanol–water partition coefficient (Wildman–Crippen LogP) is 5.73. The lowest BCUT2D eigenvalue weighted by atomic mass is 9.73. The molecule has 47 heavy (non-hydrogen) atoms. The van der Waals surface area contributed by atoms with E-state index in [2.05, 4.69) is 12.1 Å². The summed E-state index contributed by atoms with van der Waals surface area (Å²) >= 11 is 0. The highest BCUT2D eigenvalue weighted by molar-refractivity contribution is 7.87. The lowest BCUT2D eigenvalue weighted by Crippen LogP contribution is -2.33. The maximum atomic E-state index is 13.7. The number of hydrogen-bond donors (Lipinski definition) is 0. The minimum Gasteiger partial charge on any atom is -0.454 e. The van der Waals surface area contributed by atoms with E-state index in [1.165, 1.54) is 59.0 Å². The Morgan fingerprint density at radius 3 is 2.21 bits per heavy atom. The van der Waals surface area contributed by atoms with E-state index in [1.54, 1.807) is 24.3 Å². The fraction of sp³-hybridized carbons (Fsp3) is 0.243. The van der Waals surface area contributed by atoms with Gasteiger partial charge in [-0.15, -0.1) is 0 Å². The molecule has 3 aliphatic rings. The van der Waals surface area contributed by atoms with Crippen molar-refractivity contribution in [3.8, 4) is 5.75 Å². The fourth-order valence-corrected chi connectivity index (χ4v) is 8.37. The largest absolute Gasteiger partial charge is 0.454 e. The SMILES string of the molecule is Cc1ccc(S(=O)(=O)Oc2ccc(C(=O)COC(=O)c3cccc(N4C(=O)[C@H]5[C@@H]6C[C@@H]([C@@H]5C4=O)[C@@H](c4ccccc4)C6)c3)cc2)cc1. The molecule has 0 unspecified atom stereocenters. The number of imide groups is 1. The average molecular weight is 650 g/mol. The van der Waals surface area contributed by atoms with Crippen molar-refractivity contribution in [1.29, 1.82) is 0 Å². The number of nitrogens with zero attached hydrogens (tertiary/aromatic N) is 1. The molecular formula is C37H31NO8S. The number of carbonyl (C=O) groups is 4. The van der Waals surface area contributed by atoms with Crippen molar-refractivity contribution < 1.29 is 36.5 Å². The van der Waals surface area contributed by atoms with E-state index in [9.17, 15) is 27.6 Å². The van der Waals surface area contributed by atoms with Gasteiger partial charge in [0.25, 0.3) is 0 Å². The monoisotopic (exact) mass is 649 g/mol. The maximum Gasteiger partial charge on any atom is 0.339 e. The summed E-state index contributed by atoms with van der Waals surface area (Å²) in [6, 6.07) is 28.0.